The molecule has 0 aromatic rings. The maximum Gasteiger partial charge on any atom is 0.00616 e. The van der Waals surface area contributed by atoms with E-state index in [1.165, 1.54) is 12.8 Å². The Morgan fingerprint density at radius 1 is 1.10 bits per heavy atom. The SMILES string of the molecule is CC.CCNC(CC)CC.[HH]. The lowest BCUT2D eigenvalue weighted by Crippen LogP contribution is -2.26. The lowest BCUT2D eigenvalue weighted by molar-refractivity contribution is 0.499. The van der Waals surface area contributed by atoms with Crippen molar-refractivity contribution in [2.24, 2.45) is 0 Å². The summed E-state index contributed by atoms with van der Waals surface area (Å²) in [5.74, 6) is 0. The van der Waals surface area contributed by atoms with E-state index >= 15 is 0 Å². The zero-order valence-corrected chi connectivity index (χ0v) is 8.20. The average Bonchev–Trinajstić information content (AvgIpc) is 2.04. The first-order valence-corrected chi connectivity index (χ1v) is 4.58. The van der Waals surface area contributed by atoms with Crippen molar-refractivity contribution in [3.63, 3.8) is 0 Å². The van der Waals surface area contributed by atoms with Crippen LogP contribution in [0.5, 0.6) is 0 Å². The van der Waals surface area contributed by atoms with Crippen LogP contribution < -0.4 is 5.32 Å². The summed E-state index contributed by atoms with van der Waals surface area (Å²) < 4.78 is 0. The topological polar surface area (TPSA) is 12.0 Å². The van der Waals surface area contributed by atoms with Gasteiger partial charge < -0.3 is 5.32 Å². The van der Waals surface area contributed by atoms with Crippen LogP contribution in [-0.4, -0.2) is 12.6 Å². The van der Waals surface area contributed by atoms with Crippen molar-refractivity contribution in [2.75, 3.05) is 6.54 Å². The molecule has 0 spiro atoms. The molecule has 0 aliphatic heterocycles. The number of hydrogen-bond acceptors (Lipinski definition) is 1. The molecule has 0 aliphatic rings. The molecule has 0 amide bonds. The second-order valence-electron chi connectivity index (χ2n) is 2.07. The predicted molar refractivity (Wildman–Crippen MR) is 51.5 cm³/mol. The fourth-order valence-corrected chi connectivity index (χ4v) is 0.866. The maximum absolute atomic E-state index is 3.38. The molecule has 0 aliphatic carbocycles. The Balaban J connectivity index is -0.000000196. The van der Waals surface area contributed by atoms with E-state index in [1.807, 2.05) is 13.8 Å². The highest BCUT2D eigenvalue weighted by molar-refractivity contribution is 4.59. The summed E-state index contributed by atoms with van der Waals surface area (Å²) in [5.41, 5.74) is 0. The van der Waals surface area contributed by atoms with E-state index in [-0.39, 0.29) is 1.43 Å². The predicted octanol–water partition coefficient (Wildman–Crippen LogP) is 3.06. The van der Waals surface area contributed by atoms with Gasteiger partial charge >= 0.3 is 0 Å². The molecule has 1 nitrogen and oxygen atoms in total. The fourth-order valence-electron chi connectivity index (χ4n) is 0.866. The van der Waals surface area contributed by atoms with Crippen molar-refractivity contribution in [2.45, 2.75) is 53.5 Å². The Bertz CT molecular complexity index is 44.8. The Labute approximate surface area is 67.7 Å². The molecule has 0 fully saturated rings. The number of hydrogen-bond donors (Lipinski definition) is 1. The van der Waals surface area contributed by atoms with Gasteiger partial charge in [0.15, 0.2) is 0 Å². The van der Waals surface area contributed by atoms with Crippen LogP contribution in [0.4, 0.5) is 0 Å². The molecule has 10 heavy (non-hydrogen) atoms. The van der Waals surface area contributed by atoms with E-state index in [2.05, 4.69) is 26.1 Å². The third-order valence-electron chi connectivity index (χ3n) is 1.48. The second-order valence-corrected chi connectivity index (χ2v) is 2.07. The first-order valence-electron chi connectivity index (χ1n) is 4.58. The zero-order chi connectivity index (χ0) is 8.41. The van der Waals surface area contributed by atoms with Gasteiger partial charge in [0, 0.05) is 7.47 Å². The molecule has 0 heterocycles. The number of rotatable bonds is 4. The summed E-state index contributed by atoms with van der Waals surface area (Å²) >= 11 is 0. The average molecular weight is 147 g/mol. The van der Waals surface area contributed by atoms with Gasteiger partial charge in [0.05, 0.1) is 0 Å². The van der Waals surface area contributed by atoms with Gasteiger partial charge in [-0.2, -0.15) is 0 Å². The van der Waals surface area contributed by atoms with Crippen LogP contribution in [0.25, 0.3) is 0 Å². The van der Waals surface area contributed by atoms with Crippen LogP contribution in [0.1, 0.15) is 48.9 Å². The molecule has 1 heteroatoms. The molecule has 0 saturated carbocycles. The van der Waals surface area contributed by atoms with E-state index in [0.29, 0.717) is 0 Å². The molecule has 0 unspecified atom stereocenters. The summed E-state index contributed by atoms with van der Waals surface area (Å²) in [7, 11) is 0. The first kappa shape index (κ1) is 12.6. The van der Waals surface area contributed by atoms with Crippen molar-refractivity contribution in [1.82, 2.24) is 5.32 Å². The molecule has 0 radical (unpaired) electrons. The van der Waals surface area contributed by atoms with Crippen LogP contribution in [0.2, 0.25) is 0 Å². The minimum atomic E-state index is 0. The van der Waals surface area contributed by atoms with Gasteiger partial charge in [-0.05, 0) is 19.4 Å². The fraction of sp³-hybridized carbons (Fsp3) is 1.00. The van der Waals surface area contributed by atoms with Crippen molar-refractivity contribution < 1.29 is 1.43 Å². The number of nitrogens with one attached hydrogen (secondary N) is 1. The first-order chi connectivity index (χ1) is 4.85. The smallest absolute Gasteiger partial charge is 0.00616 e. The van der Waals surface area contributed by atoms with E-state index in [0.717, 1.165) is 12.6 Å². The Kier molecular flexibility index (Phi) is 14.8. The largest absolute Gasteiger partial charge is 0.314 e. The summed E-state index contributed by atoms with van der Waals surface area (Å²) in [6.07, 6.45) is 2.51. The Hall–Kier alpha value is -0.0400. The molecule has 1 N–H and O–H groups in total. The maximum atomic E-state index is 3.38. The molecule has 0 aromatic carbocycles. The van der Waals surface area contributed by atoms with Crippen molar-refractivity contribution in [3.05, 3.63) is 0 Å². The van der Waals surface area contributed by atoms with E-state index in [4.69, 9.17) is 0 Å². The van der Waals surface area contributed by atoms with E-state index in [9.17, 15) is 0 Å². The minimum Gasteiger partial charge on any atom is -0.314 e. The highest BCUT2D eigenvalue weighted by atomic mass is 14.9. The third kappa shape index (κ3) is 7.96. The standard InChI is InChI=1S/C7H17N.C2H6.H2/c1-4-7(5-2)8-6-3;1-2;/h7-8H,4-6H2,1-3H3;1-2H3;1H. The van der Waals surface area contributed by atoms with Gasteiger partial charge in [-0.25, -0.2) is 0 Å². The molecule has 66 valence electrons. The molecule has 0 bridgehead atoms. The van der Waals surface area contributed by atoms with Gasteiger partial charge in [0.1, 0.15) is 0 Å². The van der Waals surface area contributed by atoms with Crippen molar-refractivity contribution in [3.8, 4) is 0 Å². The van der Waals surface area contributed by atoms with E-state index in [1.54, 1.807) is 0 Å². The lowest BCUT2D eigenvalue weighted by Gasteiger charge is -2.11. The Morgan fingerprint density at radius 3 is 1.60 bits per heavy atom. The van der Waals surface area contributed by atoms with Crippen molar-refractivity contribution in [1.29, 1.82) is 0 Å². The third-order valence-corrected chi connectivity index (χ3v) is 1.48. The normalized spacial score (nSPS) is 9.00. The lowest BCUT2D eigenvalue weighted by atomic mass is 10.2. The van der Waals surface area contributed by atoms with E-state index < -0.39 is 0 Å². The van der Waals surface area contributed by atoms with Gasteiger partial charge in [-0.1, -0.05) is 34.6 Å². The highest BCUT2D eigenvalue weighted by Gasteiger charge is 1.96. The zero-order valence-electron chi connectivity index (χ0n) is 8.20. The minimum absolute atomic E-state index is 0. The van der Waals surface area contributed by atoms with Gasteiger partial charge in [0.25, 0.3) is 0 Å². The van der Waals surface area contributed by atoms with Crippen LogP contribution in [0.15, 0.2) is 0 Å². The monoisotopic (exact) mass is 147 g/mol. The Morgan fingerprint density at radius 2 is 1.50 bits per heavy atom. The van der Waals surface area contributed by atoms with Gasteiger partial charge in [0.2, 0.25) is 0 Å². The van der Waals surface area contributed by atoms with Crippen LogP contribution in [0.3, 0.4) is 0 Å². The van der Waals surface area contributed by atoms with Crippen molar-refractivity contribution >= 4 is 0 Å². The van der Waals surface area contributed by atoms with Gasteiger partial charge in [-0.15, -0.1) is 0 Å². The molecule has 0 atom stereocenters. The summed E-state index contributed by atoms with van der Waals surface area (Å²) in [6, 6.07) is 0.750. The molecule has 0 aromatic heterocycles. The highest BCUT2D eigenvalue weighted by Crippen LogP contribution is 1.93. The molecule has 0 saturated heterocycles. The summed E-state index contributed by atoms with van der Waals surface area (Å²) in [4.78, 5) is 0. The molecular formula is C9H25N. The van der Waals surface area contributed by atoms with Gasteiger partial charge in [-0.3, -0.25) is 0 Å². The van der Waals surface area contributed by atoms with Crippen LogP contribution >= 0.6 is 0 Å². The summed E-state index contributed by atoms with van der Waals surface area (Å²) in [5, 5.41) is 3.38. The van der Waals surface area contributed by atoms with Crippen LogP contribution in [0, 0.1) is 0 Å². The second kappa shape index (κ2) is 11.7. The molecular weight excluding hydrogens is 122 g/mol. The summed E-state index contributed by atoms with van der Waals surface area (Å²) in [6.45, 7) is 11.7. The molecule has 0 rings (SSSR count). The van der Waals surface area contributed by atoms with Crippen LogP contribution in [-0.2, 0) is 0 Å². The quantitative estimate of drug-likeness (QED) is 0.644.